The molecule has 22 heavy (non-hydrogen) atoms. The maximum absolute atomic E-state index is 13.9. The summed E-state index contributed by atoms with van der Waals surface area (Å²) in [6.45, 7) is 5.62. The van der Waals surface area contributed by atoms with Crippen molar-refractivity contribution in [3.63, 3.8) is 0 Å². The second-order valence-corrected chi connectivity index (χ2v) is 5.61. The Labute approximate surface area is 127 Å². The lowest BCUT2D eigenvalue weighted by molar-refractivity contribution is -0.137. The Bertz CT molecular complexity index is 637. The molecule has 1 heterocycles. The van der Waals surface area contributed by atoms with Crippen molar-refractivity contribution in [2.45, 2.75) is 26.9 Å². The largest absolute Gasteiger partial charge is 0.493 e. The average Bonchev–Trinajstić information content (AvgIpc) is 2.79. The molecule has 0 amide bonds. The predicted molar refractivity (Wildman–Crippen MR) is 76.3 cm³/mol. The minimum atomic E-state index is -1.24. The number of ether oxygens (including phenoxy) is 2. The van der Waals surface area contributed by atoms with E-state index in [2.05, 4.69) is 0 Å². The first kappa shape index (κ1) is 16.3. The summed E-state index contributed by atoms with van der Waals surface area (Å²) in [6, 6.07) is 2.27. The molecule has 0 saturated carbocycles. The molecule has 0 aromatic heterocycles. The zero-order valence-corrected chi connectivity index (χ0v) is 12.8. The van der Waals surface area contributed by atoms with Gasteiger partial charge < -0.3 is 14.6 Å². The van der Waals surface area contributed by atoms with Crippen molar-refractivity contribution in [1.29, 1.82) is 0 Å². The summed E-state index contributed by atoms with van der Waals surface area (Å²) in [5.74, 6) is -4.20. The maximum atomic E-state index is 13.9. The molecule has 0 bridgehead atoms. The van der Waals surface area contributed by atoms with E-state index in [4.69, 9.17) is 9.47 Å². The number of methoxy groups -OCH3 is 1. The van der Waals surface area contributed by atoms with E-state index in [1.807, 2.05) is 13.8 Å². The number of carbonyl (C=O) groups is 1. The lowest BCUT2D eigenvalue weighted by Gasteiger charge is -2.21. The maximum Gasteiger partial charge on any atom is 0.371 e. The van der Waals surface area contributed by atoms with Gasteiger partial charge in [0.2, 0.25) is 11.6 Å². The van der Waals surface area contributed by atoms with Gasteiger partial charge in [-0.05, 0) is 18.1 Å². The molecular formula is C16H18F2O4. The number of rotatable bonds is 4. The van der Waals surface area contributed by atoms with E-state index in [0.717, 1.165) is 6.07 Å². The minimum Gasteiger partial charge on any atom is -0.493 e. The van der Waals surface area contributed by atoms with E-state index in [1.165, 1.54) is 13.2 Å². The van der Waals surface area contributed by atoms with Gasteiger partial charge in [-0.25, -0.2) is 9.18 Å². The molecule has 4 nitrogen and oxygen atoms in total. The van der Waals surface area contributed by atoms with Gasteiger partial charge in [0.25, 0.3) is 0 Å². The van der Waals surface area contributed by atoms with Crippen LogP contribution in [0.25, 0.3) is 5.57 Å². The molecule has 1 aromatic rings. The van der Waals surface area contributed by atoms with Crippen molar-refractivity contribution < 1.29 is 28.2 Å². The summed E-state index contributed by atoms with van der Waals surface area (Å²) in [7, 11) is 1.21. The smallest absolute Gasteiger partial charge is 0.371 e. The molecule has 1 aliphatic rings. The highest BCUT2D eigenvalue weighted by atomic mass is 19.2. The molecule has 2 atom stereocenters. The summed E-state index contributed by atoms with van der Waals surface area (Å²) >= 11 is 0. The number of carboxylic acid groups (broad SMARTS) is 1. The Morgan fingerprint density at radius 1 is 1.36 bits per heavy atom. The van der Waals surface area contributed by atoms with E-state index in [9.17, 15) is 18.7 Å². The van der Waals surface area contributed by atoms with Gasteiger partial charge in [0.1, 0.15) is 6.10 Å². The molecule has 0 unspecified atom stereocenters. The second kappa shape index (κ2) is 5.94. The van der Waals surface area contributed by atoms with Crippen LogP contribution in [0.4, 0.5) is 8.78 Å². The quantitative estimate of drug-likeness (QED) is 0.925. The monoisotopic (exact) mass is 312 g/mol. The van der Waals surface area contributed by atoms with Crippen LogP contribution >= 0.6 is 0 Å². The third-order valence-electron chi connectivity index (χ3n) is 3.84. The normalized spacial score (nSPS) is 21.2. The van der Waals surface area contributed by atoms with Crippen LogP contribution in [0.15, 0.2) is 17.9 Å². The Morgan fingerprint density at radius 2 is 2.00 bits per heavy atom. The van der Waals surface area contributed by atoms with Crippen molar-refractivity contribution in [2.24, 2.45) is 11.8 Å². The summed E-state index contributed by atoms with van der Waals surface area (Å²) in [4.78, 5) is 11.5. The van der Waals surface area contributed by atoms with Crippen LogP contribution in [-0.4, -0.2) is 24.3 Å². The van der Waals surface area contributed by atoms with Gasteiger partial charge in [-0.1, -0.05) is 20.8 Å². The first-order chi connectivity index (χ1) is 10.3. The summed E-state index contributed by atoms with van der Waals surface area (Å²) in [5, 5.41) is 9.36. The van der Waals surface area contributed by atoms with Crippen molar-refractivity contribution in [1.82, 2.24) is 0 Å². The molecule has 2 rings (SSSR count). The molecular weight excluding hydrogens is 294 g/mol. The fourth-order valence-corrected chi connectivity index (χ4v) is 2.86. The predicted octanol–water partition coefficient (Wildman–Crippen LogP) is 3.46. The highest BCUT2D eigenvalue weighted by Crippen LogP contribution is 2.44. The molecule has 0 saturated heterocycles. The van der Waals surface area contributed by atoms with Gasteiger partial charge in [0.15, 0.2) is 11.6 Å². The zero-order valence-electron chi connectivity index (χ0n) is 12.8. The van der Waals surface area contributed by atoms with Crippen LogP contribution in [0.5, 0.6) is 5.75 Å². The van der Waals surface area contributed by atoms with Crippen LogP contribution in [0, 0.1) is 23.5 Å². The molecule has 6 heteroatoms. The molecule has 0 radical (unpaired) electrons. The molecule has 0 fully saturated rings. The first-order valence-corrected chi connectivity index (χ1v) is 6.96. The zero-order chi connectivity index (χ0) is 16.6. The van der Waals surface area contributed by atoms with Crippen LogP contribution in [0.2, 0.25) is 0 Å². The van der Waals surface area contributed by atoms with Gasteiger partial charge in [0.05, 0.1) is 7.11 Å². The lowest BCUT2D eigenvalue weighted by Crippen LogP contribution is -2.22. The Hall–Kier alpha value is -2.11. The molecule has 120 valence electrons. The van der Waals surface area contributed by atoms with Crippen LogP contribution in [0.1, 0.15) is 26.3 Å². The lowest BCUT2D eigenvalue weighted by atomic mass is 9.86. The van der Waals surface area contributed by atoms with E-state index >= 15 is 0 Å². The number of hydrogen-bond donors (Lipinski definition) is 1. The molecule has 0 aliphatic carbocycles. The fourth-order valence-electron chi connectivity index (χ4n) is 2.86. The first-order valence-electron chi connectivity index (χ1n) is 6.96. The Kier molecular flexibility index (Phi) is 4.39. The highest BCUT2D eigenvalue weighted by molar-refractivity contribution is 5.97. The van der Waals surface area contributed by atoms with Gasteiger partial charge in [-0.2, -0.15) is 4.39 Å². The van der Waals surface area contributed by atoms with Crippen molar-refractivity contribution >= 4 is 11.5 Å². The number of halogens is 2. The molecule has 0 spiro atoms. The van der Waals surface area contributed by atoms with E-state index < -0.39 is 17.6 Å². The summed E-state index contributed by atoms with van der Waals surface area (Å²) < 4.78 is 37.8. The third kappa shape index (κ3) is 2.53. The van der Waals surface area contributed by atoms with Crippen LogP contribution in [0.3, 0.4) is 0 Å². The average molecular weight is 312 g/mol. The Morgan fingerprint density at radius 3 is 2.50 bits per heavy atom. The third-order valence-corrected chi connectivity index (χ3v) is 3.84. The van der Waals surface area contributed by atoms with E-state index in [1.54, 1.807) is 6.92 Å². The Balaban J connectivity index is 2.65. The highest BCUT2D eigenvalue weighted by Gasteiger charge is 2.40. The minimum absolute atomic E-state index is 0.0677. The van der Waals surface area contributed by atoms with Crippen molar-refractivity contribution in [3.8, 4) is 5.75 Å². The second-order valence-electron chi connectivity index (χ2n) is 5.61. The molecule has 1 N–H and O–H groups in total. The molecule has 1 aromatic carbocycles. The van der Waals surface area contributed by atoms with Gasteiger partial charge >= 0.3 is 5.97 Å². The van der Waals surface area contributed by atoms with Crippen LogP contribution in [-0.2, 0) is 9.53 Å². The SMILES string of the molecule is COc1c(C2=C(C(=O)O)O[C@@H](C(C)C)[C@H]2C)ccc(F)c1F. The number of hydrogen-bond acceptors (Lipinski definition) is 3. The summed E-state index contributed by atoms with van der Waals surface area (Å²) in [6.07, 6.45) is -0.348. The number of aliphatic carboxylic acids is 1. The van der Waals surface area contributed by atoms with Crippen LogP contribution < -0.4 is 4.74 Å². The number of benzene rings is 1. The van der Waals surface area contributed by atoms with Gasteiger partial charge in [-0.3, -0.25) is 0 Å². The van der Waals surface area contributed by atoms with Gasteiger partial charge in [-0.15, -0.1) is 0 Å². The van der Waals surface area contributed by atoms with E-state index in [0.29, 0.717) is 5.57 Å². The van der Waals surface area contributed by atoms with E-state index in [-0.39, 0.29) is 35.0 Å². The fraction of sp³-hybridized carbons (Fsp3) is 0.438. The summed E-state index contributed by atoms with van der Waals surface area (Å²) in [5.41, 5.74) is 0.524. The van der Waals surface area contributed by atoms with Gasteiger partial charge in [0, 0.05) is 17.1 Å². The van der Waals surface area contributed by atoms with Crippen molar-refractivity contribution in [3.05, 3.63) is 35.1 Å². The molecule has 1 aliphatic heterocycles. The standard InChI is InChI=1S/C16H18F2O4/c1-7(2)13-8(3)11(15(22-13)16(19)20)9-5-6-10(17)12(18)14(9)21-4/h5-8,13H,1-4H3,(H,19,20)/t8-,13-/m0/s1. The number of carboxylic acids is 1. The van der Waals surface area contributed by atoms with Crippen molar-refractivity contribution in [2.75, 3.05) is 7.11 Å². The topological polar surface area (TPSA) is 55.8 Å².